The van der Waals surface area contributed by atoms with E-state index < -0.39 is 0 Å². The third kappa shape index (κ3) is 3.75. The molecule has 3 rings (SSSR count). The molecular formula is C17H17ClN4O. The predicted octanol–water partition coefficient (Wildman–Crippen LogP) is 2.69. The van der Waals surface area contributed by atoms with Crippen LogP contribution in [0, 0.1) is 0 Å². The smallest absolute Gasteiger partial charge is 0.189 e. The van der Waals surface area contributed by atoms with Gasteiger partial charge in [0.2, 0.25) is 0 Å². The van der Waals surface area contributed by atoms with E-state index in [9.17, 15) is 4.79 Å². The minimum absolute atomic E-state index is 0.0281. The molecule has 1 atom stereocenters. The van der Waals surface area contributed by atoms with E-state index in [1.807, 2.05) is 0 Å². The third-order valence-corrected chi connectivity index (χ3v) is 3.96. The normalized spacial score (nSPS) is 12.4. The molecule has 0 spiro atoms. The quantitative estimate of drug-likeness (QED) is 0.755. The summed E-state index contributed by atoms with van der Waals surface area (Å²) in [5.41, 5.74) is 2.39. The highest BCUT2D eigenvalue weighted by atomic mass is 35.5. The molecule has 0 bridgehead atoms. The Kier molecular flexibility index (Phi) is 4.69. The van der Waals surface area contributed by atoms with Gasteiger partial charge in [-0.15, -0.1) is 0 Å². The van der Waals surface area contributed by atoms with Crippen LogP contribution >= 0.6 is 11.6 Å². The number of nitrogens with one attached hydrogen (secondary N) is 2. The predicted molar refractivity (Wildman–Crippen MR) is 91.6 cm³/mol. The van der Waals surface area contributed by atoms with Crippen molar-refractivity contribution in [3.63, 3.8) is 0 Å². The fourth-order valence-electron chi connectivity index (χ4n) is 2.49. The molecule has 0 aliphatic rings. The summed E-state index contributed by atoms with van der Waals surface area (Å²) in [6, 6.07) is 7.14. The molecule has 23 heavy (non-hydrogen) atoms. The molecule has 1 aromatic carbocycles. The van der Waals surface area contributed by atoms with Crippen LogP contribution in [0.4, 0.5) is 0 Å². The summed E-state index contributed by atoms with van der Waals surface area (Å²) in [7, 11) is 0. The zero-order chi connectivity index (χ0) is 16.2. The van der Waals surface area contributed by atoms with Crippen molar-refractivity contribution in [2.45, 2.75) is 25.9 Å². The van der Waals surface area contributed by atoms with Gasteiger partial charge in [0.15, 0.2) is 5.43 Å². The molecule has 0 saturated carbocycles. The summed E-state index contributed by atoms with van der Waals surface area (Å²) in [6.07, 6.45) is 5.87. The average molecular weight is 329 g/mol. The lowest BCUT2D eigenvalue weighted by Gasteiger charge is -2.13. The first kappa shape index (κ1) is 15.6. The number of nitrogens with zero attached hydrogens (tertiary/aromatic N) is 2. The van der Waals surface area contributed by atoms with Crippen molar-refractivity contribution < 1.29 is 0 Å². The lowest BCUT2D eigenvalue weighted by Crippen LogP contribution is -2.28. The van der Waals surface area contributed by atoms with Crippen LogP contribution in [0.25, 0.3) is 10.9 Å². The van der Waals surface area contributed by atoms with Gasteiger partial charge in [-0.2, -0.15) is 0 Å². The van der Waals surface area contributed by atoms with Gasteiger partial charge < -0.3 is 10.3 Å². The van der Waals surface area contributed by atoms with Gasteiger partial charge in [-0.3, -0.25) is 14.8 Å². The number of fused-ring (bicyclic) bond motifs is 1. The van der Waals surface area contributed by atoms with Crippen LogP contribution < -0.4 is 10.7 Å². The van der Waals surface area contributed by atoms with Crippen molar-refractivity contribution in [2.75, 3.05) is 0 Å². The van der Waals surface area contributed by atoms with E-state index in [-0.39, 0.29) is 11.5 Å². The summed E-state index contributed by atoms with van der Waals surface area (Å²) in [4.78, 5) is 23.7. The number of rotatable bonds is 5. The number of pyridine rings is 1. The standard InChI is InChI=1S/C17H17ClN4O/c1-11(7-12-9-19-5-6-20-12)21-10-13-8-16(23)14-3-2-4-15(18)17(14)22-13/h2-6,8-9,11,21H,7,10H2,1H3,(H,22,23)/t11-/m1/s1. The molecule has 6 heteroatoms. The Labute approximate surface area is 138 Å². The van der Waals surface area contributed by atoms with Gasteiger partial charge in [-0.1, -0.05) is 17.7 Å². The molecule has 0 aliphatic carbocycles. The Morgan fingerprint density at radius 2 is 2.22 bits per heavy atom. The molecule has 2 heterocycles. The van der Waals surface area contributed by atoms with Crippen LogP contribution in [0.2, 0.25) is 5.02 Å². The molecule has 5 nitrogen and oxygen atoms in total. The van der Waals surface area contributed by atoms with E-state index >= 15 is 0 Å². The van der Waals surface area contributed by atoms with Crippen LogP contribution in [0.1, 0.15) is 18.3 Å². The van der Waals surface area contributed by atoms with E-state index in [0.29, 0.717) is 22.5 Å². The largest absolute Gasteiger partial charge is 0.356 e. The molecule has 0 amide bonds. The van der Waals surface area contributed by atoms with Crippen molar-refractivity contribution in [3.05, 3.63) is 69.5 Å². The number of H-pyrrole nitrogens is 1. The fraction of sp³-hybridized carbons (Fsp3) is 0.235. The van der Waals surface area contributed by atoms with Crippen LogP contribution in [0.3, 0.4) is 0 Å². The SMILES string of the molecule is C[C@H](Cc1cnccn1)NCc1cc(=O)c2cccc(Cl)c2[nH]1. The first-order valence-corrected chi connectivity index (χ1v) is 7.80. The second kappa shape index (κ2) is 6.89. The highest BCUT2D eigenvalue weighted by Gasteiger charge is 2.08. The second-order valence-electron chi connectivity index (χ2n) is 5.50. The van der Waals surface area contributed by atoms with E-state index in [2.05, 4.69) is 27.2 Å². The van der Waals surface area contributed by atoms with Gasteiger partial charge >= 0.3 is 0 Å². The zero-order valence-corrected chi connectivity index (χ0v) is 13.5. The summed E-state index contributed by atoms with van der Waals surface area (Å²) in [5.74, 6) is 0. The Bertz CT molecular complexity index is 863. The number of hydrogen-bond donors (Lipinski definition) is 2. The number of halogens is 1. The molecule has 3 aromatic rings. The van der Waals surface area contributed by atoms with Gasteiger partial charge in [-0.25, -0.2) is 0 Å². The van der Waals surface area contributed by atoms with E-state index in [1.165, 1.54) is 0 Å². The lowest BCUT2D eigenvalue weighted by molar-refractivity contribution is 0.535. The van der Waals surface area contributed by atoms with Crippen LogP contribution in [-0.2, 0) is 13.0 Å². The number of aromatic amines is 1. The Morgan fingerprint density at radius 3 is 3.00 bits per heavy atom. The number of hydrogen-bond acceptors (Lipinski definition) is 4. The Morgan fingerprint density at radius 1 is 1.35 bits per heavy atom. The third-order valence-electron chi connectivity index (χ3n) is 3.64. The van der Waals surface area contributed by atoms with Gasteiger partial charge in [0.25, 0.3) is 0 Å². The van der Waals surface area contributed by atoms with Crippen molar-refractivity contribution in [3.8, 4) is 0 Å². The maximum Gasteiger partial charge on any atom is 0.189 e. The molecule has 118 valence electrons. The number of benzene rings is 1. The summed E-state index contributed by atoms with van der Waals surface area (Å²) in [5, 5.41) is 4.53. The molecule has 0 fully saturated rings. The molecule has 0 aliphatic heterocycles. The second-order valence-corrected chi connectivity index (χ2v) is 5.91. The number of aromatic nitrogens is 3. The molecular weight excluding hydrogens is 312 g/mol. The zero-order valence-electron chi connectivity index (χ0n) is 12.7. The van der Waals surface area contributed by atoms with Gasteiger partial charge in [0, 0.05) is 54.7 Å². The van der Waals surface area contributed by atoms with E-state index in [0.717, 1.165) is 17.8 Å². The summed E-state index contributed by atoms with van der Waals surface area (Å²) < 4.78 is 0. The minimum Gasteiger partial charge on any atom is -0.356 e. The van der Waals surface area contributed by atoms with Crippen molar-refractivity contribution >= 4 is 22.5 Å². The molecule has 0 radical (unpaired) electrons. The van der Waals surface area contributed by atoms with Crippen LogP contribution in [-0.4, -0.2) is 21.0 Å². The van der Waals surface area contributed by atoms with Gasteiger partial charge in [-0.05, 0) is 19.1 Å². The van der Waals surface area contributed by atoms with Crippen molar-refractivity contribution in [2.24, 2.45) is 0 Å². The Hall–Kier alpha value is -2.24. The van der Waals surface area contributed by atoms with Gasteiger partial charge in [0.1, 0.15) is 0 Å². The maximum absolute atomic E-state index is 12.2. The summed E-state index contributed by atoms with van der Waals surface area (Å²) in [6.45, 7) is 2.62. The van der Waals surface area contributed by atoms with Crippen LogP contribution in [0.15, 0.2) is 47.7 Å². The fourth-order valence-corrected chi connectivity index (χ4v) is 2.71. The minimum atomic E-state index is -0.0281. The topological polar surface area (TPSA) is 70.7 Å². The first-order chi connectivity index (χ1) is 11.1. The lowest BCUT2D eigenvalue weighted by atomic mass is 10.1. The highest BCUT2D eigenvalue weighted by Crippen LogP contribution is 2.18. The van der Waals surface area contributed by atoms with Gasteiger partial charge in [0.05, 0.1) is 16.2 Å². The van der Waals surface area contributed by atoms with E-state index in [1.54, 1.807) is 42.9 Å². The monoisotopic (exact) mass is 328 g/mol. The highest BCUT2D eigenvalue weighted by molar-refractivity contribution is 6.35. The van der Waals surface area contributed by atoms with Crippen LogP contribution in [0.5, 0.6) is 0 Å². The first-order valence-electron chi connectivity index (χ1n) is 7.42. The van der Waals surface area contributed by atoms with E-state index in [4.69, 9.17) is 11.6 Å². The molecule has 2 N–H and O–H groups in total. The van der Waals surface area contributed by atoms with Crippen molar-refractivity contribution in [1.82, 2.24) is 20.3 Å². The Balaban J connectivity index is 1.72. The molecule has 2 aromatic heterocycles. The molecule has 0 saturated heterocycles. The number of para-hydroxylation sites is 1. The maximum atomic E-state index is 12.2. The van der Waals surface area contributed by atoms with Crippen molar-refractivity contribution in [1.29, 1.82) is 0 Å². The summed E-state index contributed by atoms with van der Waals surface area (Å²) >= 11 is 6.17. The average Bonchev–Trinajstić information content (AvgIpc) is 2.55. The molecule has 0 unspecified atom stereocenters.